The SMILES string of the molecule is Cc1ccc(NC(=O)CN2C(=O)C(=C3SC(=S)N(C(C)c4ccccc4)C3=O)c3ccccc32)cc1. The molecule has 2 aliphatic heterocycles. The minimum atomic E-state index is -0.386. The summed E-state index contributed by atoms with van der Waals surface area (Å²) in [5.74, 6) is -1.01. The maximum Gasteiger partial charge on any atom is 0.267 e. The first-order valence-corrected chi connectivity index (χ1v) is 12.7. The molecular formula is C28H23N3O3S2. The predicted octanol–water partition coefficient (Wildman–Crippen LogP) is 5.31. The topological polar surface area (TPSA) is 69.7 Å². The molecule has 3 aromatic carbocycles. The third kappa shape index (κ3) is 4.34. The van der Waals surface area contributed by atoms with Crippen LogP contribution in [0.5, 0.6) is 0 Å². The lowest BCUT2D eigenvalue weighted by atomic mass is 10.1. The average Bonchev–Trinajstić information content (AvgIpc) is 3.32. The van der Waals surface area contributed by atoms with Gasteiger partial charge in [-0.3, -0.25) is 24.2 Å². The first-order valence-electron chi connectivity index (χ1n) is 11.5. The highest BCUT2D eigenvalue weighted by Gasteiger charge is 2.43. The number of nitrogens with one attached hydrogen (secondary N) is 1. The highest BCUT2D eigenvalue weighted by Crippen LogP contribution is 2.46. The Morgan fingerprint density at radius 1 is 0.944 bits per heavy atom. The van der Waals surface area contributed by atoms with Crippen molar-refractivity contribution >= 4 is 63.0 Å². The van der Waals surface area contributed by atoms with Crippen LogP contribution in [0.25, 0.3) is 5.57 Å². The third-order valence-electron chi connectivity index (χ3n) is 6.26. The van der Waals surface area contributed by atoms with E-state index in [1.807, 2.05) is 80.6 Å². The van der Waals surface area contributed by atoms with E-state index >= 15 is 0 Å². The number of anilines is 2. The molecule has 180 valence electrons. The molecule has 0 saturated carbocycles. The predicted molar refractivity (Wildman–Crippen MR) is 147 cm³/mol. The molecule has 36 heavy (non-hydrogen) atoms. The van der Waals surface area contributed by atoms with Crippen LogP contribution < -0.4 is 10.2 Å². The Kier molecular flexibility index (Phi) is 6.47. The van der Waals surface area contributed by atoms with Gasteiger partial charge in [-0.25, -0.2) is 0 Å². The van der Waals surface area contributed by atoms with Crippen LogP contribution in [0.3, 0.4) is 0 Å². The van der Waals surface area contributed by atoms with Crippen LogP contribution >= 0.6 is 24.0 Å². The number of aryl methyl sites for hydroxylation is 1. The normalized spacial score (nSPS) is 18.0. The van der Waals surface area contributed by atoms with Crippen molar-refractivity contribution in [2.24, 2.45) is 0 Å². The largest absolute Gasteiger partial charge is 0.325 e. The van der Waals surface area contributed by atoms with Gasteiger partial charge in [-0.15, -0.1) is 0 Å². The molecule has 3 amide bonds. The fourth-order valence-corrected chi connectivity index (χ4v) is 5.87. The molecule has 6 nitrogen and oxygen atoms in total. The Morgan fingerprint density at radius 2 is 1.61 bits per heavy atom. The van der Waals surface area contributed by atoms with Gasteiger partial charge in [0, 0.05) is 11.3 Å². The molecule has 0 aliphatic carbocycles. The van der Waals surface area contributed by atoms with E-state index in [1.165, 1.54) is 4.90 Å². The number of fused-ring (bicyclic) bond motifs is 1. The van der Waals surface area contributed by atoms with Gasteiger partial charge < -0.3 is 5.32 Å². The minimum Gasteiger partial charge on any atom is -0.325 e. The van der Waals surface area contributed by atoms with E-state index in [9.17, 15) is 14.4 Å². The van der Waals surface area contributed by atoms with Crippen LogP contribution in [0.1, 0.15) is 29.7 Å². The molecule has 1 atom stereocenters. The second-order valence-electron chi connectivity index (χ2n) is 8.66. The zero-order valence-corrected chi connectivity index (χ0v) is 21.4. The first kappa shape index (κ1) is 24.0. The number of rotatable bonds is 5. The Labute approximate surface area is 219 Å². The quantitative estimate of drug-likeness (QED) is 0.370. The number of nitrogens with zero attached hydrogens (tertiary/aromatic N) is 2. The number of amides is 3. The number of thioether (sulfide) groups is 1. The van der Waals surface area contributed by atoms with Crippen LogP contribution in [0.2, 0.25) is 0 Å². The highest BCUT2D eigenvalue weighted by molar-refractivity contribution is 8.26. The molecule has 0 radical (unpaired) electrons. The molecule has 8 heteroatoms. The van der Waals surface area contributed by atoms with Crippen LogP contribution in [-0.2, 0) is 14.4 Å². The molecular weight excluding hydrogens is 490 g/mol. The monoisotopic (exact) mass is 513 g/mol. The zero-order chi connectivity index (χ0) is 25.4. The van der Waals surface area contributed by atoms with E-state index in [1.54, 1.807) is 17.0 Å². The lowest BCUT2D eigenvalue weighted by molar-refractivity contribution is -0.123. The summed E-state index contributed by atoms with van der Waals surface area (Å²) in [6, 6.07) is 24.0. The maximum atomic E-state index is 13.6. The number of carbonyl (C=O) groups excluding carboxylic acids is 3. The molecule has 3 aromatic rings. The van der Waals surface area contributed by atoms with Gasteiger partial charge in [0.25, 0.3) is 11.8 Å². The lowest BCUT2D eigenvalue weighted by Gasteiger charge is -2.23. The zero-order valence-electron chi connectivity index (χ0n) is 19.7. The fraction of sp³-hybridized carbons (Fsp3) is 0.143. The standard InChI is InChI=1S/C28H23N3O3S2/c1-17-12-14-20(15-13-17)29-23(32)16-30-22-11-7-6-10-21(22)24(26(30)33)25-27(34)31(28(35)36-25)18(2)19-8-4-3-5-9-19/h3-15,18H,16H2,1-2H3,(H,29,32). The molecule has 1 saturated heterocycles. The summed E-state index contributed by atoms with van der Waals surface area (Å²) in [5, 5.41) is 2.84. The van der Waals surface area contributed by atoms with E-state index in [4.69, 9.17) is 12.2 Å². The summed E-state index contributed by atoms with van der Waals surface area (Å²) in [7, 11) is 0. The van der Waals surface area contributed by atoms with Gasteiger partial charge in [0.2, 0.25) is 5.91 Å². The smallest absolute Gasteiger partial charge is 0.267 e. The molecule has 2 heterocycles. The maximum absolute atomic E-state index is 13.6. The average molecular weight is 514 g/mol. The number of hydrogen-bond donors (Lipinski definition) is 1. The van der Waals surface area contributed by atoms with Crippen molar-refractivity contribution in [3.63, 3.8) is 0 Å². The van der Waals surface area contributed by atoms with Gasteiger partial charge in [0.05, 0.1) is 22.2 Å². The summed E-state index contributed by atoms with van der Waals surface area (Å²) in [6.07, 6.45) is 0. The van der Waals surface area contributed by atoms with Gasteiger partial charge in [-0.1, -0.05) is 90.2 Å². The summed E-state index contributed by atoms with van der Waals surface area (Å²) in [6.45, 7) is 3.71. The Balaban J connectivity index is 1.45. The second-order valence-corrected chi connectivity index (χ2v) is 10.3. The van der Waals surface area contributed by atoms with Gasteiger partial charge >= 0.3 is 0 Å². The van der Waals surface area contributed by atoms with Crippen LogP contribution in [0.15, 0.2) is 83.8 Å². The van der Waals surface area contributed by atoms with Crippen molar-refractivity contribution in [1.82, 2.24) is 4.90 Å². The third-order valence-corrected chi connectivity index (χ3v) is 7.66. The van der Waals surface area contributed by atoms with Crippen LogP contribution in [0.4, 0.5) is 11.4 Å². The van der Waals surface area contributed by atoms with Gasteiger partial charge in [0.15, 0.2) is 0 Å². The molecule has 0 spiro atoms. The number of carbonyl (C=O) groups is 3. The Bertz CT molecular complexity index is 1420. The van der Waals surface area contributed by atoms with Crippen molar-refractivity contribution in [1.29, 1.82) is 0 Å². The first-order chi connectivity index (χ1) is 17.3. The van der Waals surface area contributed by atoms with Crippen molar-refractivity contribution in [2.45, 2.75) is 19.9 Å². The van der Waals surface area contributed by atoms with E-state index in [0.29, 0.717) is 26.2 Å². The van der Waals surface area contributed by atoms with Gasteiger partial charge in [-0.05, 0) is 37.6 Å². The molecule has 5 rings (SSSR count). The van der Waals surface area contributed by atoms with E-state index in [-0.39, 0.29) is 35.9 Å². The molecule has 1 fully saturated rings. The fourth-order valence-electron chi connectivity index (χ4n) is 4.38. The number of hydrogen-bond acceptors (Lipinski definition) is 5. The molecule has 1 unspecified atom stereocenters. The van der Waals surface area contributed by atoms with Gasteiger partial charge in [-0.2, -0.15) is 0 Å². The second kappa shape index (κ2) is 9.72. The summed E-state index contributed by atoms with van der Waals surface area (Å²) in [4.78, 5) is 43.3. The molecule has 2 aliphatic rings. The minimum absolute atomic E-state index is 0.173. The van der Waals surface area contributed by atoms with E-state index in [0.717, 1.165) is 22.9 Å². The summed E-state index contributed by atoms with van der Waals surface area (Å²) < 4.78 is 0.402. The number of para-hydroxylation sites is 1. The number of thiocarbonyl (C=S) groups is 1. The summed E-state index contributed by atoms with van der Waals surface area (Å²) >= 11 is 6.70. The Hall–Kier alpha value is -3.75. The van der Waals surface area contributed by atoms with Crippen molar-refractivity contribution in [3.8, 4) is 0 Å². The van der Waals surface area contributed by atoms with Crippen molar-refractivity contribution < 1.29 is 14.4 Å². The molecule has 0 aromatic heterocycles. The number of benzene rings is 3. The molecule has 1 N–H and O–H groups in total. The Morgan fingerprint density at radius 3 is 2.33 bits per heavy atom. The lowest BCUT2D eigenvalue weighted by Crippen LogP contribution is -2.35. The van der Waals surface area contributed by atoms with Gasteiger partial charge in [0.1, 0.15) is 10.9 Å². The van der Waals surface area contributed by atoms with Crippen LogP contribution in [0, 0.1) is 6.92 Å². The highest BCUT2D eigenvalue weighted by atomic mass is 32.2. The van der Waals surface area contributed by atoms with Crippen molar-refractivity contribution in [3.05, 3.63) is 100 Å². The van der Waals surface area contributed by atoms with Crippen LogP contribution in [-0.4, -0.2) is 33.5 Å². The molecule has 0 bridgehead atoms. The van der Waals surface area contributed by atoms with E-state index in [2.05, 4.69) is 5.32 Å². The van der Waals surface area contributed by atoms with Crippen molar-refractivity contribution in [2.75, 3.05) is 16.8 Å². The van der Waals surface area contributed by atoms with E-state index < -0.39 is 0 Å². The summed E-state index contributed by atoms with van der Waals surface area (Å²) in [5.41, 5.74) is 4.19.